The summed E-state index contributed by atoms with van der Waals surface area (Å²) in [4.78, 5) is 4.66. The minimum Gasteiger partial charge on any atom is -0.483 e. The zero-order valence-electron chi connectivity index (χ0n) is 18.5. The van der Waals surface area contributed by atoms with Crippen LogP contribution in [0.25, 0.3) is 22.0 Å². The standard InChI is InChI=1S/C28H29NO2/c1-18(2)23-15-22-11-8-14-29-27(22)26(17-23)21-10-7-12-24(16-21)31-28(20(4)30)25-13-6-5-9-19(25)3/h5-18,20,28,30H,1-4H3. The van der Waals surface area contributed by atoms with E-state index in [1.165, 1.54) is 5.56 Å². The van der Waals surface area contributed by atoms with Gasteiger partial charge in [-0.25, -0.2) is 0 Å². The van der Waals surface area contributed by atoms with Crippen LogP contribution in [0, 0.1) is 6.92 Å². The fourth-order valence-corrected chi connectivity index (χ4v) is 3.98. The van der Waals surface area contributed by atoms with Gasteiger partial charge in [0.1, 0.15) is 11.9 Å². The van der Waals surface area contributed by atoms with E-state index < -0.39 is 12.2 Å². The van der Waals surface area contributed by atoms with Crippen molar-refractivity contribution in [1.82, 2.24) is 4.98 Å². The summed E-state index contributed by atoms with van der Waals surface area (Å²) >= 11 is 0. The van der Waals surface area contributed by atoms with Gasteiger partial charge in [-0.2, -0.15) is 0 Å². The fourth-order valence-electron chi connectivity index (χ4n) is 3.98. The number of aromatic nitrogens is 1. The van der Waals surface area contributed by atoms with Gasteiger partial charge in [-0.05, 0) is 72.4 Å². The van der Waals surface area contributed by atoms with Gasteiger partial charge in [-0.3, -0.25) is 4.98 Å². The van der Waals surface area contributed by atoms with Gasteiger partial charge in [0.05, 0.1) is 11.6 Å². The molecule has 3 nitrogen and oxygen atoms in total. The van der Waals surface area contributed by atoms with Crippen LogP contribution in [0.1, 0.15) is 49.5 Å². The number of fused-ring (bicyclic) bond motifs is 1. The first-order valence-electron chi connectivity index (χ1n) is 10.8. The average Bonchev–Trinajstić information content (AvgIpc) is 2.77. The molecule has 0 aliphatic carbocycles. The average molecular weight is 412 g/mol. The van der Waals surface area contributed by atoms with Crippen molar-refractivity contribution in [2.24, 2.45) is 0 Å². The Bertz CT molecular complexity index is 1200. The molecular weight excluding hydrogens is 382 g/mol. The highest BCUT2D eigenvalue weighted by molar-refractivity contribution is 5.94. The van der Waals surface area contributed by atoms with Crippen molar-refractivity contribution in [1.29, 1.82) is 0 Å². The Morgan fingerprint density at radius 2 is 1.68 bits per heavy atom. The number of nitrogens with zero attached hydrogens (tertiary/aromatic N) is 1. The molecule has 1 heterocycles. The largest absolute Gasteiger partial charge is 0.483 e. The molecule has 0 saturated carbocycles. The van der Waals surface area contributed by atoms with E-state index >= 15 is 0 Å². The van der Waals surface area contributed by atoms with E-state index in [1.54, 1.807) is 6.92 Å². The number of ether oxygens (including phenoxy) is 1. The number of aliphatic hydroxyl groups excluding tert-OH is 1. The molecule has 0 bridgehead atoms. The lowest BCUT2D eigenvalue weighted by Crippen LogP contribution is -2.21. The number of hydrogen-bond donors (Lipinski definition) is 1. The fraction of sp³-hybridized carbons (Fsp3) is 0.250. The van der Waals surface area contributed by atoms with E-state index in [2.05, 4.69) is 43.1 Å². The summed E-state index contributed by atoms with van der Waals surface area (Å²) < 4.78 is 6.32. The third kappa shape index (κ3) is 4.47. The van der Waals surface area contributed by atoms with Gasteiger partial charge in [0.25, 0.3) is 0 Å². The summed E-state index contributed by atoms with van der Waals surface area (Å²) in [5.74, 6) is 1.15. The highest BCUT2D eigenvalue weighted by Crippen LogP contribution is 2.34. The Kier molecular flexibility index (Phi) is 6.06. The van der Waals surface area contributed by atoms with Crippen molar-refractivity contribution < 1.29 is 9.84 Å². The predicted octanol–water partition coefficient (Wildman–Crippen LogP) is 6.83. The molecule has 31 heavy (non-hydrogen) atoms. The van der Waals surface area contributed by atoms with Crippen molar-refractivity contribution in [2.75, 3.05) is 0 Å². The Balaban J connectivity index is 1.76. The van der Waals surface area contributed by atoms with Crippen LogP contribution in [0.15, 0.2) is 79.0 Å². The van der Waals surface area contributed by atoms with Crippen molar-refractivity contribution in [3.8, 4) is 16.9 Å². The molecule has 0 spiro atoms. The van der Waals surface area contributed by atoms with Gasteiger partial charge >= 0.3 is 0 Å². The molecule has 0 saturated heterocycles. The van der Waals surface area contributed by atoms with E-state index in [-0.39, 0.29) is 0 Å². The molecule has 4 rings (SSSR count). The van der Waals surface area contributed by atoms with Crippen molar-refractivity contribution in [3.63, 3.8) is 0 Å². The lowest BCUT2D eigenvalue weighted by atomic mass is 9.94. The van der Waals surface area contributed by atoms with Crippen LogP contribution < -0.4 is 4.74 Å². The number of benzene rings is 3. The first-order valence-corrected chi connectivity index (χ1v) is 10.8. The monoisotopic (exact) mass is 411 g/mol. The summed E-state index contributed by atoms with van der Waals surface area (Å²) in [6, 6.07) is 24.6. The summed E-state index contributed by atoms with van der Waals surface area (Å²) in [6.07, 6.45) is 0.757. The molecule has 2 atom stereocenters. The van der Waals surface area contributed by atoms with Gasteiger partial charge in [0, 0.05) is 17.1 Å². The molecule has 158 valence electrons. The van der Waals surface area contributed by atoms with Gasteiger partial charge in [-0.15, -0.1) is 0 Å². The first-order chi connectivity index (χ1) is 14.9. The number of aryl methyl sites for hydroxylation is 1. The Labute approximate surface area is 184 Å². The SMILES string of the molecule is Cc1ccccc1C(Oc1cccc(-c2cc(C(C)C)cc3cccnc23)c1)C(C)O. The number of aliphatic hydroxyl groups is 1. The van der Waals surface area contributed by atoms with Crippen LogP contribution in [0.2, 0.25) is 0 Å². The van der Waals surface area contributed by atoms with Crippen LogP contribution in [0.4, 0.5) is 0 Å². The van der Waals surface area contributed by atoms with Gasteiger partial charge in [0.2, 0.25) is 0 Å². The molecule has 0 fully saturated rings. The molecule has 2 unspecified atom stereocenters. The van der Waals surface area contributed by atoms with E-state index in [1.807, 2.05) is 61.7 Å². The molecular formula is C28H29NO2. The molecule has 0 amide bonds. The van der Waals surface area contributed by atoms with Crippen LogP contribution in [-0.4, -0.2) is 16.2 Å². The normalized spacial score (nSPS) is 13.4. The Morgan fingerprint density at radius 1 is 0.871 bits per heavy atom. The maximum atomic E-state index is 10.4. The maximum Gasteiger partial charge on any atom is 0.149 e. The van der Waals surface area contributed by atoms with Crippen molar-refractivity contribution >= 4 is 10.9 Å². The molecule has 0 aliphatic heterocycles. The highest BCUT2D eigenvalue weighted by Gasteiger charge is 2.21. The second kappa shape index (κ2) is 8.91. The minimum atomic E-state index is -0.642. The zero-order chi connectivity index (χ0) is 22.0. The molecule has 3 aromatic carbocycles. The molecule has 0 radical (unpaired) electrons. The molecule has 1 aromatic heterocycles. The minimum absolute atomic E-state index is 0.420. The lowest BCUT2D eigenvalue weighted by Gasteiger charge is -2.24. The highest BCUT2D eigenvalue weighted by atomic mass is 16.5. The lowest BCUT2D eigenvalue weighted by molar-refractivity contribution is 0.0477. The second-order valence-electron chi connectivity index (χ2n) is 8.46. The summed E-state index contributed by atoms with van der Waals surface area (Å²) in [6.45, 7) is 8.22. The second-order valence-corrected chi connectivity index (χ2v) is 8.46. The van der Waals surface area contributed by atoms with E-state index in [0.29, 0.717) is 5.92 Å². The molecule has 1 N–H and O–H groups in total. The third-order valence-electron chi connectivity index (χ3n) is 5.74. The Hall–Kier alpha value is -3.17. The quantitative estimate of drug-likeness (QED) is 0.378. The summed E-state index contributed by atoms with van der Waals surface area (Å²) in [5.41, 5.74) is 6.51. The van der Waals surface area contributed by atoms with Gasteiger partial charge in [-0.1, -0.05) is 56.3 Å². The maximum absolute atomic E-state index is 10.4. The topological polar surface area (TPSA) is 42.4 Å². The van der Waals surface area contributed by atoms with Crippen LogP contribution in [0.5, 0.6) is 5.75 Å². The molecule has 3 heteroatoms. The molecule has 0 aliphatic rings. The predicted molar refractivity (Wildman–Crippen MR) is 127 cm³/mol. The van der Waals surface area contributed by atoms with Gasteiger partial charge in [0.15, 0.2) is 0 Å². The van der Waals surface area contributed by atoms with E-state index in [0.717, 1.165) is 38.9 Å². The van der Waals surface area contributed by atoms with E-state index in [4.69, 9.17) is 4.74 Å². The van der Waals surface area contributed by atoms with Crippen molar-refractivity contribution in [2.45, 2.75) is 45.8 Å². The van der Waals surface area contributed by atoms with E-state index in [9.17, 15) is 5.11 Å². The number of rotatable bonds is 6. The summed E-state index contributed by atoms with van der Waals surface area (Å²) in [7, 11) is 0. The van der Waals surface area contributed by atoms with Crippen LogP contribution in [0.3, 0.4) is 0 Å². The zero-order valence-corrected chi connectivity index (χ0v) is 18.5. The smallest absolute Gasteiger partial charge is 0.149 e. The van der Waals surface area contributed by atoms with Crippen molar-refractivity contribution in [3.05, 3.63) is 95.7 Å². The summed E-state index contributed by atoms with van der Waals surface area (Å²) in [5, 5.41) is 11.6. The van der Waals surface area contributed by atoms with Crippen LogP contribution in [-0.2, 0) is 0 Å². The molecule has 4 aromatic rings. The third-order valence-corrected chi connectivity index (χ3v) is 5.74. The van der Waals surface area contributed by atoms with Crippen LogP contribution >= 0.6 is 0 Å². The number of pyridine rings is 1. The van der Waals surface area contributed by atoms with Gasteiger partial charge < -0.3 is 9.84 Å². The first kappa shape index (κ1) is 21.1. The Morgan fingerprint density at radius 3 is 2.42 bits per heavy atom. The number of hydrogen-bond acceptors (Lipinski definition) is 3.